The van der Waals surface area contributed by atoms with Gasteiger partial charge in [0.15, 0.2) is 0 Å². The van der Waals surface area contributed by atoms with Gasteiger partial charge in [-0.1, -0.05) is 157 Å². The van der Waals surface area contributed by atoms with Crippen LogP contribution in [0.1, 0.15) is 58.2 Å². The molecule has 1 aliphatic heterocycles. The minimum atomic E-state index is 0.0136. The number of ether oxygens (including phenoxy) is 1. The smallest absolute Gasteiger partial charge is 0.137 e. The summed E-state index contributed by atoms with van der Waals surface area (Å²) in [5.74, 6) is 2.39. The van der Waals surface area contributed by atoms with E-state index in [2.05, 4.69) is 251 Å². The van der Waals surface area contributed by atoms with Crippen LogP contribution in [0.25, 0.3) is 61.0 Å². The van der Waals surface area contributed by atoms with Gasteiger partial charge in [0.25, 0.3) is 0 Å². The maximum atomic E-state index is 6.84. The van der Waals surface area contributed by atoms with Crippen molar-refractivity contribution in [2.45, 2.75) is 59.3 Å². The van der Waals surface area contributed by atoms with Crippen LogP contribution < -0.4 is 14.5 Å². The molecule has 0 amide bonds. The minimum Gasteiger partial charge on any atom is -0.457 e. The number of fused-ring (bicyclic) bond motifs is 4. The second kappa shape index (κ2) is 16.8. The molecule has 0 unspecified atom stereocenters. The molecule has 1 aliphatic rings. The van der Waals surface area contributed by atoms with E-state index in [-0.39, 0.29) is 10.8 Å². The highest BCUT2D eigenvalue weighted by molar-refractivity contribution is 6.10. The number of nitrogens with zero attached hydrogens (tertiary/aromatic N) is 4. The maximum Gasteiger partial charge on any atom is 0.137 e. The van der Waals surface area contributed by atoms with Crippen molar-refractivity contribution in [3.8, 4) is 50.7 Å². The Bertz CT molecular complexity index is 3450. The third-order valence-electron chi connectivity index (χ3n) is 13.5. The molecule has 334 valence electrons. The van der Waals surface area contributed by atoms with Gasteiger partial charge in [-0.05, 0) is 129 Å². The topological polar surface area (TPSA) is 33.5 Å². The molecule has 8 aromatic carbocycles. The fourth-order valence-electron chi connectivity index (χ4n) is 9.70. The quantitative estimate of drug-likeness (QED) is 0.152. The molecule has 68 heavy (non-hydrogen) atoms. The molecule has 0 aliphatic carbocycles. The number of anilines is 4. The zero-order valence-electron chi connectivity index (χ0n) is 40.0. The molecule has 0 fully saturated rings. The van der Waals surface area contributed by atoms with E-state index in [9.17, 15) is 0 Å². The maximum absolute atomic E-state index is 6.84. The zero-order valence-corrected chi connectivity index (χ0v) is 40.0. The predicted molar refractivity (Wildman–Crippen MR) is 286 cm³/mol. The molecular weight excluding hydrogens is 829 g/mol. The molecule has 5 heteroatoms. The highest BCUT2D eigenvalue weighted by Crippen LogP contribution is 2.47. The first-order valence-electron chi connectivity index (χ1n) is 23.7. The summed E-state index contributed by atoms with van der Waals surface area (Å²) >= 11 is 0. The second-order valence-corrected chi connectivity index (χ2v) is 20.3. The third-order valence-corrected chi connectivity index (χ3v) is 13.5. The fraction of sp³-hybridized carbons (Fsp3) is 0.159. The second-order valence-electron chi connectivity index (χ2n) is 20.3. The number of aromatic nitrogens is 2. The van der Waals surface area contributed by atoms with Crippen LogP contribution in [0.4, 0.5) is 22.7 Å². The first-order valence-corrected chi connectivity index (χ1v) is 23.7. The van der Waals surface area contributed by atoms with Crippen LogP contribution >= 0.6 is 0 Å². The van der Waals surface area contributed by atoms with Gasteiger partial charge in [-0.25, -0.2) is 4.98 Å². The molecule has 0 atom stereocenters. The molecule has 5 nitrogen and oxygen atoms in total. The molecule has 11 rings (SSSR count). The van der Waals surface area contributed by atoms with E-state index in [4.69, 9.17) is 9.72 Å². The molecule has 0 saturated carbocycles. The lowest BCUT2D eigenvalue weighted by Gasteiger charge is -2.29. The van der Waals surface area contributed by atoms with Crippen molar-refractivity contribution in [2.24, 2.45) is 0 Å². The van der Waals surface area contributed by atoms with Gasteiger partial charge in [0, 0.05) is 46.0 Å². The molecule has 0 spiro atoms. The van der Waals surface area contributed by atoms with E-state index in [1.807, 2.05) is 12.3 Å². The van der Waals surface area contributed by atoms with Crippen molar-refractivity contribution >= 4 is 44.6 Å². The van der Waals surface area contributed by atoms with Crippen LogP contribution in [0, 0.1) is 6.92 Å². The van der Waals surface area contributed by atoms with E-state index in [0.29, 0.717) is 6.67 Å². The van der Waals surface area contributed by atoms with Gasteiger partial charge in [-0.15, -0.1) is 0 Å². The SMILES string of the molecule is Cc1cc(-n2c3ccc(-c4ccccc4)cc3c3ccc(Oc4cccc(N5CN(c6cc(C(C)(C)C)cc(C(C)(C)C)c6)c6ccccc65)c4)cc32)ncc1-c1ccc(-c2ccccc2)cc1. The van der Waals surface area contributed by atoms with Gasteiger partial charge >= 0.3 is 0 Å². The summed E-state index contributed by atoms with van der Waals surface area (Å²) in [5.41, 5.74) is 17.6. The van der Waals surface area contributed by atoms with E-state index < -0.39 is 0 Å². The van der Waals surface area contributed by atoms with Crippen molar-refractivity contribution in [1.29, 1.82) is 0 Å². The summed E-state index contributed by atoms with van der Waals surface area (Å²) in [6.45, 7) is 16.7. The van der Waals surface area contributed by atoms with Gasteiger partial charge in [-0.3, -0.25) is 4.57 Å². The summed E-state index contributed by atoms with van der Waals surface area (Å²) in [4.78, 5) is 10.0. The largest absolute Gasteiger partial charge is 0.457 e. The molecule has 0 bridgehead atoms. The van der Waals surface area contributed by atoms with E-state index in [1.54, 1.807) is 0 Å². The zero-order chi connectivity index (χ0) is 46.7. The number of hydrogen-bond acceptors (Lipinski definition) is 4. The standard InChI is InChI=1S/C63H56N4O/c1-42-33-61(64-40-56(42)46-27-25-45(26-28-46)43-17-10-8-11-18-43)67-57-32-29-47(44-19-12-9-13-20-44)34-55(57)54-31-30-53(39-60(54)67)68-52-22-16-21-50(38-52)65-41-66(59-24-15-14-23-58(59)65)51-36-48(62(2,3)4)35-49(37-51)63(5,6)7/h8-40H,41H2,1-7H3. The van der Waals surface area contributed by atoms with Crippen LogP contribution in [0.3, 0.4) is 0 Å². The normalized spacial score (nSPS) is 12.8. The van der Waals surface area contributed by atoms with Crippen molar-refractivity contribution in [1.82, 2.24) is 9.55 Å². The minimum absolute atomic E-state index is 0.0136. The summed E-state index contributed by atoms with van der Waals surface area (Å²) in [6, 6.07) is 69.7. The highest BCUT2D eigenvalue weighted by Gasteiger charge is 2.30. The van der Waals surface area contributed by atoms with Gasteiger partial charge in [0.2, 0.25) is 0 Å². The number of aryl methyl sites for hydroxylation is 1. The third kappa shape index (κ3) is 7.98. The first kappa shape index (κ1) is 42.7. The number of rotatable bonds is 8. The van der Waals surface area contributed by atoms with Gasteiger partial charge in [0.1, 0.15) is 24.0 Å². The summed E-state index contributed by atoms with van der Waals surface area (Å²) in [7, 11) is 0. The summed E-state index contributed by atoms with van der Waals surface area (Å²) in [6.07, 6.45) is 2.02. The Hall–Kier alpha value is -7.89. The fourth-order valence-corrected chi connectivity index (χ4v) is 9.70. The number of para-hydroxylation sites is 2. The predicted octanol–water partition coefficient (Wildman–Crippen LogP) is 17.1. The Balaban J connectivity index is 0.950. The van der Waals surface area contributed by atoms with Crippen LogP contribution in [-0.4, -0.2) is 16.2 Å². The number of hydrogen-bond donors (Lipinski definition) is 0. The van der Waals surface area contributed by atoms with Gasteiger partial charge in [0.05, 0.1) is 22.4 Å². The Labute approximate surface area is 400 Å². The highest BCUT2D eigenvalue weighted by atomic mass is 16.5. The van der Waals surface area contributed by atoms with Crippen LogP contribution in [0.2, 0.25) is 0 Å². The molecule has 2 aromatic heterocycles. The van der Waals surface area contributed by atoms with Crippen LogP contribution in [0.5, 0.6) is 11.5 Å². The molecular formula is C63H56N4O. The van der Waals surface area contributed by atoms with Crippen LogP contribution in [0.15, 0.2) is 200 Å². The lowest BCUT2D eigenvalue weighted by Crippen LogP contribution is -2.25. The molecule has 10 aromatic rings. The average Bonchev–Trinajstić information content (AvgIpc) is 3.90. The van der Waals surface area contributed by atoms with Crippen molar-refractivity contribution < 1.29 is 4.74 Å². The molecule has 0 radical (unpaired) electrons. The molecule has 3 heterocycles. The number of pyridine rings is 1. The summed E-state index contributed by atoms with van der Waals surface area (Å²) < 4.78 is 9.13. The first-order chi connectivity index (χ1) is 32.9. The lowest BCUT2D eigenvalue weighted by atomic mass is 9.80. The lowest BCUT2D eigenvalue weighted by molar-refractivity contribution is 0.483. The van der Waals surface area contributed by atoms with E-state index >= 15 is 0 Å². The Morgan fingerprint density at radius 1 is 0.441 bits per heavy atom. The van der Waals surface area contributed by atoms with Crippen molar-refractivity contribution in [3.05, 3.63) is 217 Å². The van der Waals surface area contributed by atoms with E-state index in [0.717, 1.165) is 61.5 Å². The van der Waals surface area contributed by atoms with Gasteiger partial charge in [-0.2, -0.15) is 0 Å². The van der Waals surface area contributed by atoms with Crippen LogP contribution in [-0.2, 0) is 10.8 Å². The van der Waals surface area contributed by atoms with E-state index in [1.165, 1.54) is 50.4 Å². The Kier molecular flexibility index (Phi) is 10.5. The summed E-state index contributed by atoms with van der Waals surface area (Å²) in [5, 5.41) is 2.30. The monoisotopic (exact) mass is 884 g/mol. The van der Waals surface area contributed by atoms with Crippen molar-refractivity contribution in [3.63, 3.8) is 0 Å². The number of benzene rings is 8. The average molecular weight is 885 g/mol. The molecule has 0 saturated heterocycles. The molecule has 0 N–H and O–H groups in total. The Morgan fingerprint density at radius 2 is 1.01 bits per heavy atom. The Morgan fingerprint density at radius 3 is 1.66 bits per heavy atom. The van der Waals surface area contributed by atoms with Crippen molar-refractivity contribution in [2.75, 3.05) is 16.5 Å². The van der Waals surface area contributed by atoms with Gasteiger partial charge < -0.3 is 14.5 Å².